The molecule has 120 valence electrons. The first-order valence-corrected chi connectivity index (χ1v) is 6.85. The van der Waals surface area contributed by atoms with Gasteiger partial charge in [0.05, 0.1) is 13.2 Å². The van der Waals surface area contributed by atoms with Crippen molar-refractivity contribution in [2.24, 2.45) is 0 Å². The van der Waals surface area contributed by atoms with Crippen molar-refractivity contribution in [3.05, 3.63) is 0 Å². The summed E-state index contributed by atoms with van der Waals surface area (Å²) in [6.07, 6.45) is -1.89. The van der Waals surface area contributed by atoms with Crippen LogP contribution in [0.25, 0.3) is 0 Å². The Balaban J connectivity index is 2.90. The van der Waals surface area contributed by atoms with E-state index in [-0.39, 0.29) is 19.0 Å². The Kier molecular flexibility index (Phi) is 7.17. The number of aliphatic hydroxyl groups excluding tert-OH is 4. The Labute approximate surface area is 127 Å². The molecular weight excluding hydrogens is 304 g/mol. The maximum absolute atomic E-state index is 12.0. The normalized spacial score (nSPS) is 32.3. The van der Waals surface area contributed by atoms with Crippen LogP contribution in [0.3, 0.4) is 0 Å². The van der Waals surface area contributed by atoms with Crippen LogP contribution in [0.5, 0.6) is 0 Å². The molecule has 5 N–H and O–H groups in total. The molecule has 2 amide bonds. The first kappa shape index (κ1) is 18.0. The van der Waals surface area contributed by atoms with Gasteiger partial charge in [-0.15, -0.1) is 18.0 Å². The minimum atomic E-state index is -1.58. The Hall–Kier alpha value is -1.08. The number of hydrogen-bond acceptors (Lipinski definition) is 6. The van der Waals surface area contributed by atoms with E-state index in [0.717, 1.165) is 4.90 Å². The summed E-state index contributed by atoms with van der Waals surface area (Å²) in [4.78, 5) is 13.0. The average Bonchev–Trinajstić information content (AvgIpc) is 2.49. The highest BCUT2D eigenvalue weighted by molar-refractivity contribution is 6.18. The smallest absolute Gasteiger partial charge is 0.320 e. The third kappa shape index (κ3) is 4.20. The molecule has 0 aromatic heterocycles. The van der Waals surface area contributed by atoms with Crippen molar-refractivity contribution in [3.63, 3.8) is 0 Å². The summed E-state index contributed by atoms with van der Waals surface area (Å²) < 4.78 is 5.27. The predicted octanol–water partition coefficient (Wildman–Crippen LogP) is -2.33. The molecule has 0 unspecified atom stereocenters. The Morgan fingerprint density at radius 3 is 2.52 bits per heavy atom. The van der Waals surface area contributed by atoms with Gasteiger partial charge in [0.2, 0.25) is 0 Å². The zero-order valence-electron chi connectivity index (χ0n) is 11.2. The number of hydrogen-bond donors (Lipinski definition) is 5. The van der Waals surface area contributed by atoms with Gasteiger partial charge < -0.3 is 30.5 Å². The van der Waals surface area contributed by atoms with Gasteiger partial charge in [-0.3, -0.25) is 4.90 Å². The van der Waals surface area contributed by atoms with E-state index < -0.39 is 43.3 Å². The highest BCUT2D eigenvalue weighted by Gasteiger charge is 2.46. The molecule has 1 aliphatic rings. The quantitative estimate of drug-likeness (QED) is 0.286. The fourth-order valence-electron chi connectivity index (χ4n) is 1.97. The second-order valence-electron chi connectivity index (χ2n) is 4.47. The summed E-state index contributed by atoms with van der Waals surface area (Å²) in [6, 6.07) is -0.641. The van der Waals surface area contributed by atoms with Crippen molar-refractivity contribution in [2.45, 2.75) is 30.6 Å². The van der Waals surface area contributed by atoms with Crippen LogP contribution >= 0.6 is 11.6 Å². The van der Waals surface area contributed by atoms with Crippen LogP contribution in [0.15, 0.2) is 0 Å². The van der Waals surface area contributed by atoms with Crippen LogP contribution in [-0.4, -0.2) is 87.6 Å². The highest BCUT2D eigenvalue weighted by Crippen LogP contribution is 2.23. The molecule has 5 atom stereocenters. The number of carbonyl (C=O) groups is 1. The van der Waals surface area contributed by atoms with Crippen LogP contribution in [0.1, 0.15) is 0 Å². The first-order chi connectivity index (χ1) is 9.97. The number of rotatable bonds is 5. The molecule has 9 heteroatoms. The Morgan fingerprint density at radius 1 is 1.33 bits per heavy atom. The molecule has 1 fully saturated rings. The number of alkyl halides is 1. The van der Waals surface area contributed by atoms with E-state index in [1.165, 1.54) is 0 Å². The van der Waals surface area contributed by atoms with Crippen molar-refractivity contribution in [3.8, 4) is 12.3 Å². The number of nitrogens with one attached hydrogen (secondary N) is 1. The van der Waals surface area contributed by atoms with Crippen molar-refractivity contribution < 1.29 is 30.0 Å². The molecule has 0 bridgehead atoms. The third-order valence-corrected chi connectivity index (χ3v) is 3.26. The van der Waals surface area contributed by atoms with Gasteiger partial charge in [0.1, 0.15) is 24.4 Å². The lowest BCUT2D eigenvalue weighted by atomic mass is 9.98. The average molecular weight is 323 g/mol. The van der Waals surface area contributed by atoms with Gasteiger partial charge in [-0.25, -0.2) is 4.79 Å². The van der Waals surface area contributed by atoms with Crippen LogP contribution in [0.4, 0.5) is 4.79 Å². The number of aliphatic hydroxyl groups is 4. The fraction of sp³-hybridized carbons (Fsp3) is 0.750. The zero-order chi connectivity index (χ0) is 16.0. The summed E-state index contributed by atoms with van der Waals surface area (Å²) in [5.41, 5.74) is 0. The molecular formula is C12H19ClN2O6. The second-order valence-corrected chi connectivity index (χ2v) is 4.85. The standard InChI is InChI=1S/C12H19ClN2O6/c1-2-5-15(12(20)14-4-3-13)11-10(19)9(18)8(17)7(6-16)21-11/h1,7-11,16-19H,3-6H2,(H,14,20)/t7-,8+,9+,10-,11-/m1/s1. The summed E-state index contributed by atoms with van der Waals surface area (Å²) in [5, 5.41) is 41.0. The number of halogens is 1. The molecule has 21 heavy (non-hydrogen) atoms. The number of terminal acetylenes is 1. The molecule has 1 rings (SSSR count). The van der Waals surface area contributed by atoms with Crippen LogP contribution in [0.2, 0.25) is 0 Å². The highest BCUT2D eigenvalue weighted by atomic mass is 35.5. The summed E-state index contributed by atoms with van der Waals surface area (Å²) in [7, 11) is 0. The predicted molar refractivity (Wildman–Crippen MR) is 73.4 cm³/mol. The van der Waals surface area contributed by atoms with Crippen molar-refractivity contribution in [1.82, 2.24) is 10.2 Å². The van der Waals surface area contributed by atoms with Gasteiger partial charge in [-0.05, 0) is 0 Å². The van der Waals surface area contributed by atoms with E-state index in [1.54, 1.807) is 0 Å². The monoisotopic (exact) mass is 322 g/mol. The van der Waals surface area contributed by atoms with Gasteiger partial charge in [0, 0.05) is 12.4 Å². The van der Waals surface area contributed by atoms with E-state index in [2.05, 4.69) is 11.2 Å². The summed E-state index contributed by atoms with van der Waals surface area (Å²) in [5.74, 6) is 2.42. The van der Waals surface area contributed by atoms with Gasteiger partial charge in [0.25, 0.3) is 0 Å². The number of urea groups is 1. The molecule has 0 spiro atoms. The van der Waals surface area contributed by atoms with Gasteiger partial charge >= 0.3 is 6.03 Å². The van der Waals surface area contributed by atoms with Gasteiger partial charge in [0.15, 0.2) is 6.23 Å². The Bertz CT molecular complexity index is 388. The summed E-state index contributed by atoms with van der Waals surface area (Å²) >= 11 is 5.47. The summed E-state index contributed by atoms with van der Waals surface area (Å²) in [6.45, 7) is -0.607. The zero-order valence-corrected chi connectivity index (χ0v) is 12.0. The van der Waals surface area contributed by atoms with Crippen molar-refractivity contribution in [2.75, 3.05) is 25.6 Å². The molecule has 1 heterocycles. The van der Waals surface area contributed by atoms with Crippen LogP contribution < -0.4 is 5.32 Å². The van der Waals surface area contributed by atoms with E-state index in [0.29, 0.717) is 0 Å². The molecule has 0 aromatic rings. The van der Waals surface area contributed by atoms with E-state index in [9.17, 15) is 20.1 Å². The largest absolute Gasteiger partial charge is 0.394 e. The first-order valence-electron chi connectivity index (χ1n) is 6.32. The maximum atomic E-state index is 12.0. The maximum Gasteiger partial charge on any atom is 0.320 e. The fourth-order valence-corrected chi connectivity index (χ4v) is 2.07. The van der Waals surface area contributed by atoms with Crippen molar-refractivity contribution in [1.29, 1.82) is 0 Å². The lowest BCUT2D eigenvalue weighted by Gasteiger charge is -2.43. The van der Waals surface area contributed by atoms with Crippen LogP contribution in [0, 0.1) is 12.3 Å². The SMILES string of the molecule is C#CCN(C(=O)NCCCl)[C@@H]1O[C@H](CO)[C@H](O)[C@H](O)[C@H]1O. The van der Waals surface area contributed by atoms with Crippen LogP contribution in [-0.2, 0) is 4.74 Å². The van der Waals surface area contributed by atoms with Gasteiger partial charge in [-0.1, -0.05) is 5.92 Å². The molecule has 1 aliphatic heterocycles. The number of ether oxygens (including phenoxy) is 1. The molecule has 8 nitrogen and oxygen atoms in total. The number of nitrogens with zero attached hydrogens (tertiary/aromatic N) is 1. The third-order valence-electron chi connectivity index (χ3n) is 3.07. The molecule has 1 saturated heterocycles. The minimum Gasteiger partial charge on any atom is -0.394 e. The number of amides is 2. The van der Waals surface area contributed by atoms with E-state index in [4.69, 9.17) is 27.9 Å². The lowest BCUT2D eigenvalue weighted by Crippen LogP contribution is -2.65. The Morgan fingerprint density at radius 2 is 2.00 bits per heavy atom. The lowest BCUT2D eigenvalue weighted by molar-refractivity contribution is -0.256. The molecule has 0 aliphatic carbocycles. The number of carbonyl (C=O) groups excluding carboxylic acids is 1. The van der Waals surface area contributed by atoms with E-state index >= 15 is 0 Å². The van der Waals surface area contributed by atoms with Crippen molar-refractivity contribution >= 4 is 17.6 Å². The van der Waals surface area contributed by atoms with Gasteiger partial charge in [-0.2, -0.15) is 0 Å². The molecule has 0 aromatic carbocycles. The molecule has 0 saturated carbocycles. The topological polar surface area (TPSA) is 122 Å². The minimum absolute atomic E-state index is 0.179. The molecule has 0 radical (unpaired) electrons. The second kappa shape index (κ2) is 8.38. The van der Waals surface area contributed by atoms with E-state index in [1.807, 2.05) is 0 Å².